The molecule has 10 nitrogen and oxygen atoms in total. The molecule has 0 saturated carbocycles. The summed E-state index contributed by atoms with van der Waals surface area (Å²) in [7, 11) is 1.22. The highest BCUT2D eigenvalue weighted by Crippen LogP contribution is 2.23. The lowest BCUT2D eigenvalue weighted by Gasteiger charge is -2.26. The monoisotopic (exact) mass is 522 g/mol. The van der Waals surface area contributed by atoms with Gasteiger partial charge in [-0.05, 0) is 49.6 Å². The summed E-state index contributed by atoms with van der Waals surface area (Å²) in [6.45, 7) is 9.29. The fourth-order valence-corrected chi connectivity index (χ4v) is 4.28. The van der Waals surface area contributed by atoms with Crippen LogP contribution >= 0.6 is 0 Å². The highest BCUT2D eigenvalue weighted by atomic mass is 16.6. The van der Waals surface area contributed by atoms with E-state index in [1.165, 1.54) is 23.6 Å². The van der Waals surface area contributed by atoms with Crippen LogP contribution in [0.15, 0.2) is 53.6 Å². The SMILES string of the molecule is COC(=O)[C@H](CNC(=O)OC(C)(C)C)n1cnc2cc(-c3ccc(CN4CCOCC4)cc3)ccc2c1=O. The average Bonchev–Trinajstić information content (AvgIpc) is 2.89. The second kappa shape index (κ2) is 11.7. The van der Waals surface area contributed by atoms with E-state index in [4.69, 9.17) is 14.2 Å². The van der Waals surface area contributed by atoms with Crippen molar-refractivity contribution in [3.63, 3.8) is 0 Å². The third-order valence-electron chi connectivity index (χ3n) is 6.23. The summed E-state index contributed by atoms with van der Waals surface area (Å²) < 4.78 is 16.7. The van der Waals surface area contributed by atoms with Gasteiger partial charge in [-0.25, -0.2) is 14.6 Å². The minimum absolute atomic E-state index is 0.191. The Morgan fingerprint density at radius 2 is 1.76 bits per heavy atom. The molecule has 1 atom stereocenters. The Bertz CT molecular complexity index is 1340. The van der Waals surface area contributed by atoms with Crippen molar-refractivity contribution in [1.82, 2.24) is 19.8 Å². The Labute approximate surface area is 221 Å². The third kappa shape index (κ3) is 6.76. The second-order valence-electron chi connectivity index (χ2n) is 10.2. The molecule has 1 amide bonds. The first-order valence-corrected chi connectivity index (χ1v) is 12.6. The molecule has 1 N–H and O–H groups in total. The molecule has 1 saturated heterocycles. The summed E-state index contributed by atoms with van der Waals surface area (Å²) in [6, 6.07) is 12.7. The topological polar surface area (TPSA) is 112 Å². The van der Waals surface area contributed by atoms with Crippen LogP contribution in [0.2, 0.25) is 0 Å². The number of hydrogen-bond donors (Lipinski definition) is 1. The molecule has 10 heteroatoms. The summed E-state index contributed by atoms with van der Waals surface area (Å²) >= 11 is 0. The highest BCUT2D eigenvalue weighted by Gasteiger charge is 2.26. The van der Waals surface area contributed by atoms with Gasteiger partial charge in [-0.3, -0.25) is 14.3 Å². The van der Waals surface area contributed by atoms with Crippen molar-refractivity contribution in [3.05, 3.63) is 64.7 Å². The number of nitrogens with zero attached hydrogens (tertiary/aromatic N) is 3. The van der Waals surface area contributed by atoms with Crippen LogP contribution in [0.3, 0.4) is 0 Å². The minimum atomic E-state index is -1.10. The first kappa shape index (κ1) is 27.3. The van der Waals surface area contributed by atoms with Crippen molar-refractivity contribution in [2.24, 2.45) is 0 Å². The van der Waals surface area contributed by atoms with E-state index >= 15 is 0 Å². The maximum absolute atomic E-state index is 13.3. The van der Waals surface area contributed by atoms with Crippen molar-refractivity contribution in [2.75, 3.05) is 40.0 Å². The third-order valence-corrected chi connectivity index (χ3v) is 6.23. The predicted molar refractivity (Wildman–Crippen MR) is 143 cm³/mol. The van der Waals surface area contributed by atoms with E-state index in [0.29, 0.717) is 10.9 Å². The van der Waals surface area contributed by atoms with E-state index in [0.717, 1.165) is 44.0 Å². The standard InChI is InChI=1S/C28H34N4O6/c1-28(2,3)38-27(35)29-16-24(26(34)36-4)32-18-30-23-15-21(9-10-22(23)25(32)33)20-7-5-19(6-8-20)17-31-11-13-37-14-12-31/h5-10,15,18,24H,11-14,16-17H2,1-4H3,(H,29,35)/t24-/m0/s1. The molecule has 202 valence electrons. The van der Waals surface area contributed by atoms with Crippen molar-refractivity contribution < 1.29 is 23.8 Å². The van der Waals surface area contributed by atoms with Crippen molar-refractivity contribution in [2.45, 2.75) is 39.0 Å². The molecule has 3 aromatic rings. The van der Waals surface area contributed by atoms with Gasteiger partial charge < -0.3 is 19.5 Å². The number of esters is 1. The molecule has 1 aromatic heterocycles. The molecule has 38 heavy (non-hydrogen) atoms. The summed E-state index contributed by atoms with van der Waals surface area (Å²) in [5.41, 5.74) is 2.56. The summed E-state index contributed by atoms with van der Waals surface area (Å²) in [5, 5.41) is 2.88. The summed E-state index contributed by atoms with van der Waals surface area (Å²) in [4.78, 5) is 44.7. The van der Waals surface area contributed by atoms with Gasteiger partial charge in [-0.1, -0.05) is 30.3 Å². The number of amides is 1. The fraction of sp³-hybridized carbons (Fsp3) is 0.429. The van der Waals surface area contributed by atoms with Gasteiger partial charge in [0.25, 0.3) is 5.56 Å². The number of carbonyl (C=O) groups excluding carboxylic acids is 2. The van der Waals surface area contributed by atoms with Crippen LogP contribution < -0.4 is 10.9 Å². The number of hydrogen-bond acceptors (Lipinski definition) is 8. The van der Waals surface area contributed by atoms with E-state index in [9.17, 15) is 14.4 Å². The number of rotatable bonds is 7. The highest BCUT2D eigenvalue weighted by molar-refractivity contribution is 5.84. The van der Waals surface area contributed by atoms with Crippen LogP contribution in [-0.2, 0) is 25.5 Å². The van der Waals surface area contributed by atoms with E-state index in [-0.39, 0.29) is 6.54 Å². The van der Waals surface area contributed by atoms with Crippen molar-refractivity contribution in [1.29, 1.82) is 0 Å². The number of ether oxygens (including phenoxy) is 3. The normalized spacial score (nSPS) is 15.2. The van der Waals surface area contributed by atoms with Crippen LogP contribution in [-0.4, -0.2) is 72.1 Å². The number of alkyl carbamates (subject to hydrolysis) is 1. The molecule has 0 unspecified atom stereocenters. The molecule has 2 heterocycles. The molecule has 1 aliphatic rings. The van der Waals surface area contributed by atoms with Crippen LogP contribution in [0.4, 0.5) is 4.79 Å². The van der Waals surface area contributed by atoms with Crippen LogP contribution in [0.1, 0.15) is 32.4 Å². The Kier molecular flexibility index (Phi) is 8.43. The fourth-order valence-electron chi connectivity index (χ4n) is 4.28. The predicted octanol–water partition coefficient (Wildman–Crippen LogP) is 3.13. The molecule has 0 radical (unpaired) electrons. The lowest BCUT2D eigenvalue weighted by Crippen LogP contribution is -2.41. The Morgan fingerprint density at radius 3 is 2.42 bits per heavy atom. The van der Waals surface area contributed by atoms with Gasteiger partial charge in [0.1, 0.15) is 5.60 Å². The molecule has 0 spiro atoms. The first-order chi connectivity index (χ1) is 18.1. The zero-order chi connectivity index (χ0) is 27.3. The maximum Gasteiger partial charge on any atom is 0.407 e. The lowest BCUT2D eigenvalue weighted by molar-refractivity contribution is -0.144. The van der Waals surface area contributed by atoms with Gasteiger partial charge >= 0.3 is 12.1 Å². The van der Waals surface area contributed by atoms with Gasteiger partial charge in [0, 0.05) is 19.6 Å². The quantitative estimate of drug-likeness (QED) is 0.471. The minimum Gasteiger partial charge on any atom is -0.467 e. The van der Waals surface area contributed by atoms with Gasteiger partial charge in [0.05, 0.1) is 44.1 Å². The number of nitrogens with one attached hydrogen (secondary N) is 1. The van der Waals surface area contributed by atoms with Crippen molar-refractivity contribution >= 4 is 23.0 Å². The smallest absolute Gasteiger partial charge is 0.407 e. The van der Waals surface area contributed by atoms with E-state index in [2.05, 4.69) is 39.5 Å². The number of fused-ring (bicyclic) bond motifs is 1. The largest absolute Gasteiger partial charge is 0.467 e. The van der Waals surface area contributed by atoms with Gasteiger partial charge in [0.15, 0.2) is 6.04 Å². The number of benzene rings is 2. The van der Waals surface area contributed by atoms with Crippen molar-refractivity contribution in [3.8, 4) is 11.1 Å². The number of morpholine rings is 1. The van der Waals surface area contributed by atoms with Crippen LogP contribution in [0, 0.1) is 0 Å². The second-order valence-corrected chi connectivity index (χ2v) is 10.2. The number of aromatic nitrogens is 2. The molecular weight excluding hydrogens is 488 g/mol. The molecule has 2 aromatic carbocycles. The maximum atomic E-state index is 13.3. The van der Waals surface area contributed by atoms with E-state index in [1.807, 2.05) is 12.1 Å². The lowest BCUT2D eigenvalue weighted by atomic mass is 10.0. The molecule has 0 bridgehead atoms. The summed E-state index contributed by atoms with van der Waals surface area (Å²) in [5.74, 6) is -0.682. The number of carbonyl (C=O) groups is 2. The molecule has 4 rings (SSSR count). The first-order valence-electron chi connectivity index (χ1n) is 12.6. The Hall–Kier alpha value is -3.76. The zero-order valence-electron chi connectivity index (χ0n) is 22.2. The average molecular weight is 523 g/mol. The van der Waals surface area contributed by atoms with E-state index < -0.39 is 29.3 Å². The van der Waals surface area contributed by atoms with Gasteiger partial charge in [-0.2, -0.15) is 0 Å². The Balaban J connectivity index is 1.53. The Morgan fingerprint density at radius 1 is 1.08 bits per heavy atom. The molecule has 1 fully saturated rings. The molecule has 0 aliphatic carbocycles. The van der Waals surface area contributed by atoms with Crippen LogP contribution in [0.25, 0.3) is 22.0 Å². The molecule has 1 aliphatic heterocycles. The van der Waals surface area contributed by atoms with E-state index in [1.54, 1.807) is 26.8 Å². The van der Waals surface area contributed by atoms with Gasteiger partial charge in [0.2, 0.25) is 0 Å². The zero-order valence-corrected chi connectivity index (χ0v) is 22.2. The van der Waals surface area contributed by atoms with Gasteiger partial charge in [-0.15, -0.1) is 0 Å². The summed E-state index contributed by atoms with van der Waals surface area (Å²) in [6.07, 6.45) is 0.604. The van der Waals surface area contributed by atoms with Crippen LogP contribution in [0.5, 0.6) is 0 Å². The number of methoxy groups -OCH3 is 1. The molecular formula is C28H34N4O6.